The summed E-state index contributed by atoms with van der Waals surface area (Å²) < 4.78 is 40.4. The Morgan fingerprint density at radius 2 is 1.92 bits per heavy atom. The highest BCUT2D eigenvalue weighted by atomic mass is 19.4. The molecule has 1 saturated heterocycles. The number of halogens is 3. The summed E-state index contributed by atoms with van der Waals surface area (Å²) in [5.41, 5.74) is 0.873. The quantitative estimate of drug-likeness (QED) is 0.892. The molecule has 0 spiro atoms. The number of nitrogens with zero attached hydrogens (tertiary/aromatic N) is 1. The van der Waals surface area contributed by atoms with Crippen molar-refractivity contribution in [2.24, 2.45) is 11.8 Å². The van der Waals surface area contributed by atoms with E-state index in [1.807, 2.05) is 0 Å². The van der Waals surface area contributed by atoms with E-state index in [4.69, 9.17) is 0 Å². The van der Waals surface area contributed by atoms with Crippen LogP contribution < -0.4 is 15.0 Å². The smallest absolute Gasteiger partial charge is 0.406 e. The van der Waals surface area contributed by atoms with Crippen molar-refractivity contribution in [3.63, 3.8) is 0 Å². The molecule has 4 nitrogen and oxygen atoms in total. The Morgan fingerprint density at radius 1 is 1.21 bits per heavy atom. The molecule has 2 aliphatic rings. The molecule has 0 unspecified atom stereocenters. The monoisotopic (exact) mass is 342 g/mol. The van der Waals surface area contributed by atoms with Crippen molar-refractivity contribution >= 4 is 11.6 Å². The Bertz CT molecular complexity index is 570. The maximum absolute atomic E-state index is 12.2. The second-order valence-corrected chi connectivity index (χ2v) is 6.52. The van der Waals surface area contributed by atoms with Crippen LogP contribution in [0.25, 0.3) is 0 Å². The number of carbonyl (C=O) groups is 1. The van der Waals surface area contributed by atoms with Gasteiger partial charge in [0.2, 0.25) is 5.91 Å². The SMILES string of the molecule is O=C(NC[C@H]1CCN(c2ccc(OC(F)(F)F)cc2)C1)C1CCC1. The maximum atomic E-state index is 12.2. The van der Waals surface area contributed by atoms with Crippen LogP contribution in [0.4, 0.5) is 18.9 Å². The van der Waals surface area contributed by atoms with Gasteiger partial charge in [0.25, 0.3) is 0 Å². The van der Waals surface area contributed by atoms with Crippen molar-refractivity contribution < 1.29 is 22.7 Å². The number of nitrogens with one attached hydrogen (secondary N) is 1. The maximum Gasteiger partial charge on any atom is 0.573 e. The van der Waals surface area contributed by atoms with Gasteiger partial charge in [-0.1, -0.05) is 6.42 Å². The first kappa shape index (κ1) is 16.9. The predicted octanol–water partition coefficient (Wildman–Crippen LogP) is 3.33. The number of carbonyl (C=O) groups excluding carboxylic acids is 1. The van der Waals surface area contributed by atoms with Gasteiger partial charge >= 0.3 is 6.36 Å². The zero-order valence-electron chi connectivity index (χ0n) is 13.3. The largest absolute Gasteiger partial charge is 0.573 e. The molecule has 1 aromatic rings. The number of amides is 1. The lowest BCUT2D eigenvalue weighted by atomic mass is 9.85. The van der Waals surface area contributed by atoms with E-state index in [1.54, 1.807) is 12.1 Å². The van der Waals surface area contributed by atoms with E-state index in [9.17, 15) is 18.0 Å². The number of benzene rings is 1. The van der Waals surface area contributed by atoms with Crippen molar-refractivity contribution in [3.05, 3.63) is 24.3 Å². The van der Waals surface area contributed by atoms with Crippen LogP contribution in [0.15, 0.2) is 24.3 Å². The molecule has 1 amide bonds. The minimum absolute atomic E-state index is 0.161. The van der Waals surface area contributed by atoms with Gasteiger partial charge in [0, 0.05) is 31.2 Å². The number of rotatable bonds is 5. The normalized spacial score (nSPS) is 21.5. The van der Waals surface area contributed by atoms with Crippen molar-refractivity contribution in [1.29, 1.82) is 0 Å². The fraction of sp³-hybridized carbons (Fsp3) is 0.588. The number of alkyl halides is 3. The number of anilines is 1. The topological polar surface area (TPSA) is 41.6 Å². The molecule has 24 heavy (non-hydrogen) atoms. The number of ether oxygens (including phenoxy) is 1. The summed E-state index contributed by atoms with van der Waals surface area (Å²) in [5.74, 6) is 0.520. The molecular weight excluding hydrogens is 321 g/mol. The lowest BCUT2D eigenvalue weighted by Crippen LogP contribution is -2.37. The van der Waals surface area contributed by atoms with E-state index in [2.05, 4.69) is 15.0 Å². The molecule has 1 atom stereocenters. The van der Waals surface area contributed by atoms with Crippen LogP contribution in [0.3, 0.4) is 0 Å². The van der Waals surface area contributed by atoms with Gasteiger partial charge in [-0.25, -0.2) is 0 Å². The Morgan fingerprint density at radius 3 is 2.50 bits per heavy atom. The summed E-state index contributed by atoms with van der Waals surface area (Å²) >= 11 is 0. The van der Waals surface area contributed by atoms with Crippen molar-refractivity contribution in [2.75, 3.05) is 24.5 Å². The van der Waals surface area contributed by atoms with E-state index in [1.165, 1.54) is 12.1 Å². The van der Waals surface area contributed by atoms with Crippen LogP contribution in [0.5, 0.6) is 5.75 Å². The van der Waals surface area contributed by atoms with E-state index in [-0.39, 0.29) is 17.6 Å². The third kappa shape index (κ3) is 4.33. The van der Waals surface area contributed by atoms with Crippen LogP contribution in [-0.4, -0.2) is 31.9 Å². The van der Waals surface area contributed by atoms with E-state index in [0.29, 0.717) is 12.5 Å². The summed E-state index contributed by atoms with van der Waals surface area (Å²) in [5, 5.41) is 3.02. The molecule has 1 saturated carbocycles. The average Bonchev–Trinajstić information content (AvgIpc) is 2.91. The summed E-state index contributed by atoms with van der Waals surface area (Å²) in [6, 6.07) is 5.93. The number of hydrogen-bond donors (Lipinski definition) is 1. The van der Waals surface area contributed by atoms with Gasteiger partial charge in [-0.15, -0.1) is 13.2 Å². The van der Waals surface area contributed by atoms with Gasteiger partial charge in [-0.05, 0) is 49.4 Å². The van der Waals surface area contributed by atoms with Crippen LogP contribution in [-0.2, 0) is 4.79 Å². The standard InChI is InChI=1S/C17H21F3N2O2/c18-17(19,20)24-15-6-4-14(5-7-15)22-9-8-12(11-22)10-21-16(23)13-2-1-3-13/h4-7,12-13H,1-3,8-11H2,(H,21,23)/t12-/m1/s1. The molecule has 1 aromatic carbocycles. The highest BCUT2D eigenvalue weighted by Crippen LogP contribution is 2.29. The molecule has 1 N–H and O–H groups in total. The summed E-state index contributed by atoms with van der Waals surface area (Å²) in [6.45, 7) is 2.30. The second-order valence-electron chi connectivity index (χ2n) is 6.52. The predicted molar refractivity (Wildman–Crippen MR) is 83.8 cm³/mol. The van der Waals surface area contributed by atoms with Crippen LogP contribution in [0.1, 0.15) is 25.7 Å². The Kier molecular flexibility index (Phi) is 4.87. The van der Waals surface area contributed by atoms with Crippen molar-refractivity contribution in [2.45, 2.75) is 32.0 Å². The third-order valence-corrected chi connectivity index (χ3v) is 4.76. The van der Waals surface area contributed by atoms with Gasteiger partial charge in [-0.3, -0.25) is 4.79 Å². The number of hydrogen-bond acceptors (Lipinski definition) is 3. The molecule has 1 heterocycles. The molecular formula is C17H21F3N2O2. The van der Waals surface area contributed by atoms with Gasteiger partial charge in [0.05, 0.1) is 0 Å². The Hall–Kier alpha value is -1.92. The molecule has 132 valence electrons. The zero-order chi connectivity index (χ0) is 17.2. The van der Waals surface area contributed by atoms with E-state index in [0.717, 1.165) is 44.5 Å². The zero-order valence-corrected chi connectivity index (χ0v) is 13.3. The molecule has 0 radical (unpaired) electrons. The molecule has 1 aliphatic heterocycles. The first-order valence-corrected chi connectivity index (χ1v) is 8.29. The van der Waals surface area contributed by atoms with Crippen LogP contribution in [0, 0.1) is 11.8 Å². The van der Waals surface area contributed by atoms with Crippen LogP contribution >= 0.6 is 0 Å². The summed E-state index contributed by atoms with van der Waals surface area (Å²) in [7, 11) is 0. The fourth-order valence-electron chi connectivity index (χ4n) is 3.15. The minimum Gasteiger partial charge on any atom is -0.406 e. The van der Waals surface area contributed by atoms with Gasteiger partial charge in [-0.2, -0.15) is 0 Å². The molecule has 1 aliphatic carbocycles. The molecule has 7 heteroatoms. The van der Waals surface area contributed by atoms with Crippen molar-refractivity contribution in [3.8, 4) is 5.75 Å². The average molecular weight is 342 g/mol. The first-order valence-electron chi connectivity index (χ1n) is 8.29. The molecule has 3 rings (SSSR count). The van der Waals surface area contributed by atoms with Gasteiger partial charge in [0.1, 0.15) is 5.75 Å². The Balaban J connectivity index is 1.47. The highest BCUT2D eigenvalue weighted by Gasteiger charge is 2.31. The van der Waals surface area contributed by atoms with E-state index >= 15 is 0 Å². The molecule has 2 fully saturated rings. The first-order chi connectivity index (χ1) is 11.4. The van der Waals surface area contributed by atoms with Crippen LogP contribution in [0.2, 0.25) is 0 Å². The fourth-order valence-corrected chi connectivity index (χ4v) is 3.15. The summed E-state index contributed by atoms with van der Waals surface area (Å²) in [6.07, 6.45) is -0.571. The second kappa shape index (κ2) is 6.91. The lowest BCUT2D eigenvalue weighted by molar-refractivity contribution is -0.274. The highest BCUT2D eigenvalue weighted by molar-refractivity contribution is 5.79. The van der Waals surface area contributed by atoms with E-state index < -0.39 is 6.36 Å². The minimum atomic E-state index is -4.67. The molecule has 0 bridgehead atoms. The lowest BCUT2D eigenvalue weighted by Gasteiger charge is -2.25. The van der Waals surface area contributed by atoms with Crippen molar-refractivity contribution in [1.82, 2.24) is 5.32 Å². The third-order valence-electron chi connectivity index (χ3n) is 4.76. The molecule has 0 aromatic heterocycles. The Labute approximate surface area is 139 Å². The summed E-state index contributed by atoms with van der Waals surface area (Å²) in [4.78, 5) is 14.0. The van der Waals surface area contributed by atoms with Gasteiger partial charge in [0.15, 0.2) is 0 Å². The van der Waals surface area contributed by atoms with Gasteiger partial charge < -0.3 is 15.0 Å².